The van der Waals surface area contributed by atoms with Crippen LogP contribution in [0.1, 0.15) is 30.1 Å². The number of aliphatic hydroxyl groups is 1. The lowest BCUT2D eigenvalue weighted by Gasteiger charge is -2.23. The van der Waals surface area contributed by atoms with Crippen molar-refractivity contribution >= 4 is 28.9 Å². The largest absolute Gasteiger partial charge is 0.492 e. The van der Waals surface area contributed by atoms with Gasteiger partial charge in [-0.15, -0.1) is 5.10 Å². The van der Waals surface area contributed by atoms with E-state index in [1.54, 1.807) is 33.7 Å². The van der Waals surface area contributed by atoms with Crippen molar-refractivity contribution in [2.75, 3.05) is 37.6 Å². The van der Waals surface area contributed by atoms with Crippen molar-refractivity contribution in [1.29, 1.82) is 0 Å². The molecule has 3 aromatic heterocycles. The molecule has 0 spiro atoms. The first-order chi connectivity index (χ1) is 17.0. The first kappa shape index (κ1) is 22.7. The Bertz CT molecular complexity index is 1380. The van der Waals surface area contributed by atoms with Crippen molar-refractivity contribution in [3.05, 3.63) is 48.5 Å². The number of ether oxygens (including phenoxy) is 2. The molecule has 4 aromatic rings. The van der Waals surface area contributed by atoms with Crippen LogP contribution in [-0.4, -0.2) is 68.5 Å². The molecule has 1 saturated heterocycles. The highest BCUT2D eigenvalue weighted by atomic mass is 16.5. The molecule has 11 heteroatoms. The Hall–Kier alpha value is -4.12. The molecule has 1 atom stereocenters. The molecule has 1 fully saturated rings. The molecule has 1 aromatic carbocycles. The number of fused-ring (bicyclic) bond motifs is 1. The van der Waals surface area contributed by atoms with Crippen LogP contribution in [0.15, 0.2) is 43.0 Å². The molecule has 182 valence electrons. The summed E-state index contributed by atoms with van der Waals surface area (Å²) in [5.74, 6) is 2.42. The Morgan fingerprint density at radius 2 is 2.06 bits per heavy atom. The maximum Gasteiger partial charge on any atom is 0.245 e. The van der Waals surface area contributed by atoms with Crippen LogP contribution in [-0.2, 0) is 0 Å². The van der Waals surface area contributed by atoms with E-state index in [0.29, 0.717) is 40.3 Å². The molecule has 35 heavy (non-hydrogen) atoms. The molecule has 2 N–H and O–H groups in total. The predicted molar refractivity (Wildman–Crippen MR) is 130 cm³/mol. The Balaban J connectivity index is 1.50. The van der Waals surface area contributed by atoms with Crippen LogP contribution in [0.2, 0.25) is 0 Å². The fourth-order valence-corrected chi connectivity index (χ4v) is 4.50. The number of hydrogen-bond donors (Lipinski definition) is 2. The number of aliphatic hydroxyl groups excluding tert-OH is 1. The minimum atomic E-state index is -0.114. The molecular weight excluding hydrogens is 450 g/mol. The summed E-state index contributed by atoms with van der Waals surface area (Å²) in [5.41, 5.74) is 1.92. The van der Waals surface area contributed by atoms with Gasteiger partial charge in [-0.3, -0.25) is 4.79 Å². The molecular formula is C24H27N7O4. The van der Waals surface area contributed by atoms with Gasteiger partial charge in [-0.05, 0) is 44.0 Å². The lowest BCUT2D eigenvalue weighted by atomic mass is 10.1. The Morgan fingerprint density at radius 1 is 1.23 bits per heavy atom. The molecule has 1 aliphatic rings. The van der Waals surface area contributed by atoms with E-state index in [0.717, 1.165) is 24.9 Å². The predicted octanol–water partition coefficient (Wildman–Crippen LogP) is 2.84. The number of anilines is 3. The fraction of sp³-hybridized carbons (Fsp3) is 0.333. The number of benzene rings is 1. The van der Waals surface area contributed by atoms with Crippen LogP contribution in [0.5, 0.6) is 11.5 Å². The average Bonchev–Trinajstić information content (AvgIpc) is 3.63. The number of rotatable bonds is 8. The molecule has 0 radical (unpaired) electrons. The van der Waals surface area contributed by atoms with Gasteiger partial charge in [-0.2, -0.15) is 4.98 Å². The van der Waals surface area contributed by atoms with E-state index in [2.05, 4.69) is 15.4 Å². The Morgan fingerprint density at radius 3 is 2.80 bits per heavy atom. The van der Waals surface area contributed by atoms with Crippen LogP contribution >= 0.6 is 0 Å². The molecule has 0 saturated carbocycles. The minimum absolute atomic E-state index is 0.00971. The number of ketones is 1. The number of imidazole rings is 1. The summed E-state index contributed by atoms with van der Waals surface area (Å²) >= 11 is 0. The van der Waals surface area contributed by atoms with E-state index in [1.165, 1.54) is 21.1 Å². The lowest BCUT2D eigenvalue weighted by molar-refractivity contribution is 0.101. The smallest absolute Gasteiger partial charge is 0.245 e. The van der Waals surface area contributed by atoms with E-state index in [-0.39, 0.29) is 18.4 Å². The topological polar surface area (TPSA) is 119 Å². The zero-order valence-corrected chi connectivity index (χ0v) is 19.8. The maximum absolute atomic E-state index is 12.0. The van der Waals surface area contributed by atoms with Gasteiger partial charge in [-0.25, -0.2) is 9.50 Å². The van der Waals surface area contributed by atoms with Crippen LogP contribution in [0.25, 0.3) is 11.2 Å². The highest BCUT2D eigenvalue weighted by Gasteiger charge is 2.27. The van der Waals surface area contributed by atoms with Crippen molar-refractivity contribution in [3.8, 4) is 17.2 Å². The summed E-state index contributed by atoms with van der Waals surface area (Å²) < 4.78 is 14.6. The molecule has 0 amide bonds. The molecule has 5 rings (SSSR count). The van der Waals surface area contributed by atoms with Gasteiger partial charge in [-0.1, -0.05) is 0 Å². The zero-order valence-electron chi connectivity index (χ0n) is 19.8. The average molecular weight is 478 g/mol. The van der Waals surface area contributed by atoms with Gasteiger partial charge < -0.3 is 29.4 Å². The fourth-order valence-electron chi connectivity index (χ4n) is 4.50. The number of nitrogens with one attached hydrogen (secondary N) is 1. The van der Waals surface area contributed by atoms with E-state index in [9.17, 15) is 9.90 Å². The second kappa shape index (κ2) is 9.26. The number of methoxy groups -OCH3 is 2. The van der Waals surface area contributed by atoms with Crippen molar-refractivity contribution < 1.29 is 19.4 Å². The third kappa shape index (κ3) is 4.03. The maximum atomic E-state index is 12.0. The van der Waals surface area contributed by atoms with Gasteiger partial charge in [0.1, 0.15) is 17.7 Å². The first-order valence-corrected chi connectivity index (χ1v) is 11.3. The highest BCUT2D eigenvalue weighted by Crippen LogP contribution is 2.37. The summed E-state index contributed by atoms with van der Waals surface area (Å²) in [6.45, 7) is 2.34. The number of carbonyl (C=O) groups is 1. The molecule has 4 heterocycles. The van der Waals surface area contributed by atoms with Gasteiger partial charge in [0, 0.05) is 12.7 Å². The van der Waals surface area contributed by atoms with Crippen LogP contribution in [0, 0.1) is 0 Å². The van der Waals surface area contributed by atoms with Gasteiger partial charge in [0.15, 0.2) is 23.1 Å². The first-order valence-electron chi connectivity index (χ1n) is 11.3. The number of carbonyl (C=O) groups excluding carboxylic acids is 1. The molecule has 11 nitrogen and oxygen atoms in total. The van der Waals surface area contributed by atoms with Crippen molar-refractivity contribution in [2.45, 2.75) is 25.8 Å². The minimum Gasteiger partial charge on any atom is -0.492 e. The second-order valence-electron chi connectivity index (χ2n) is 8.32. The Kier molecular flexibility index (Phi) is 6.00. The quantitative estimate of drug-likeness (QED) is 0.369. The van der Waals surface area contributed by atoms with Crippen LogP contribution in [0.4, 0.5) is 17.6 Å². The summed E-state index contributed by atoms with van der Waals surface area (Å²) in [6, 6.07) is 7.33. The summed E-state index contributed by atoms with van der Waals surface area (Å²) in [6.07, 6.45) is 7.21. The van der Waals surface area contributed by atoms with Crippen molar-refractivity contribution in [1.82, 2.24) is 24.1 Å². The molecule has 0 bridgehead atoms. The van der Waals surface area contributed by atoms with Gasteiger partial charge in [0.05, 0.1) is 44.3 Å². The highest BCUT2D eigenvalue weighted by molar-refractivity contribution is 5.98. The van der Waals surface area contributed by atoms with E-state index in [1.807, 2.05) is 23.2 Å². The lowest BCUT2D eigenvalue weighted by Crippen LogP contribution is -2.34. The van der Waals surface area contributed by atoms with Gasteiger partial charge in [0.25, 0.3) is 0 Å². The summed E-state index contributed by atoms with van der Waals surface area (Å²) in [4.78, 5) is 23.3. The summed E-state index contributed by atoms with van der Waals surface area (Å²) in [7, 11) is 3.04. The molecule has 0 aliphatic carbocycles. The summed E-state index contributed by atoms with van der Waals surface area (Å²) in [5, 5.41) is 17.7. The van der Waals surface area contributed by atoms with Gasteiger partial charge >= 0.3 is 0 Å². The van der Waals surface area contributed by atoms with Crippen molar-refractivity contribution in [3.63, 3.8) is 0 Å². The third-order valence-corrected chi connectivity index (χ3v) is 6.21. The third-order valence-electron chi connectivity index (χ3n) is 6.21. The second-order valence-corrected chi connectivity index (χ2v) is 8.32. The standard InChI is InChI=1S/C24H27N7O4/c1-15(33)17-8-9-18(22(35-3)21(17)34-2)29-12-20(25-14-29)26-23-19-7-5-11-31(19)28-24(27-23)30-10-4-6-16(30)13-32/h5,7-9,11-12,14,16,32H,4,6,10,13H2,1-3H3,(H,26,27,28)/t16-/m0/s1. The van der Waals surface area contributed by atoms with Crippen LogP contribution in [0.3, 0.4) is 0 Å². The number of nitrogens with zero attached hydrogens (tertiary/aromatic N) is 6. The molecule has 1 aliphatic heterocycles. The van der Waals surface area contributed by atoms with Crippen LogP contribution < -0.4 is 19.7 Å². The van der Waals surface area contributed by atoms with E-state index in [4.69, 9.17) is 14.5 Å². The number of hydrogen-bond acceptors (Lipinski definition) is 9. The van der Waals surface area contributed by atoms with E-state index < -0.39 is 0 Å². The Labute approximate surface area is 201 Å². The van der Waals surface area contributed by atoms with Gasteiger partial charge in [0.2, 0.25) is 5.95 Å². The number of aromatic nitrogens is 5. The molecule has 0 unspecified atom stereocenters. The monoisotopic (exact) mass is 477 g/mol. The number of Topliss-reactive ketones (excluding diaryl/α,β-unsaturated/α-hetero) is 1. The van der Waals surface area contributed by atoms with Crippen molar-refractivity contribution in [2.24, 2.45) is 0 Å². The van der Waals surface area contributed by atoms with E-state index >= 15 is 0 Å². The normalized spacial score (nSPS) is 15.5. The zero-order chi connectivity index (χ0) is 24.5. The SMILES string of the molecule is COc1c(C(C)=O)ccc(-n2cnc(Nc3nc(N4CCC[C@H]4CO)nn4cccc34)c2)c1OC.